The van der Waals surface area contributed by atoms with E-state index in [2.05, 4.69) is 5.32 Å². The summed E-state index contributed by atoms with van der Waals surface area (Å²) in [6.45, 7) is 1.30. The van der Waals surface area contributed by atoms with Crippen molar-refractivity contribution in [3.63, 3.8) is 0 Å². The molecule has 1 atom stereocenters. The minimum absolute atomic E-state index is 0.120. The minimum atomic E-state index is -0.482. The molecule has 0 unspecified atom stereocenters. The van der Waals surface area contributed by atoms with E-state index >= 15 is 0 Å². The Kier molecular flexibility index (Phi) is 5.30. The third-order valence-electron chi connectivity index (χ3n) is 4.01. The molecule has 25 heavy (non-hydrogen) atoms. The largest absolute Gasteiger partial charge is 0.457 e. The maximum atomic E-state index is 12.1. The Bertz CT molecular complexity index is 735. The number of ether oxygens (including phenoxy) is 2. The van der Waals surface area contributed by atoms with Crippen LogP contribution in [0.4, 0.5) is 0 Å². The van der Waals surface area contributed by atoms with Crippen LogP contribution in [-0.2, 0) is 4.74 Å². The van der Waals surface area contributed by atoms with Crippen molar-refractivity contribution in [1.82, 2.24) is 5.32 Å². The van der Waals surface area contributed by atoms with Crippen LogP contribution in [0.1, 0.15) is 33.6 Å². The molecule has 0 aromatic heterocycles. The van der Waals surface area contributed by atoms with Crippen LogP contribution in [0.15, 0.2) is 48.5 Å². The molecule has 6 nitrogen and oxygen atoms in total. The Morgan fingerprint density at radius 3 is 2.16 bits per heavy atom. The standard InChI is InChI=1S/C19H20N2O4/c20-18(22)13-3-7-15(8-4-13)25-16-9-5-14(6-10-16)19(23)21-12-17-2-1-11-24-17/h3-10,17H,1-2,11-12H2,(H2,20,22)(H,21,23)/t17-/m0/s1. The zero-order valence-corrected chi connectivity index (χ0v) is 13.7. The maximum absolute atomic E-state index is 12.1. The first-order valence-corrected chi connectivity index (χ1v) is 8.19. The van der Waals surface area contributed by atoms with Gasteiger partial charge in [0.2, 0.25) is 5.91 Å². The van der Waals surface area contributed by atoms with Crippen molar-refractivity contribution in [2.75, 3.05) is 13.2 Å². The van der Waals surface area contributed by atoms with Crippen LogP contribution in [0.5, 0.6) is 11.5 Å². The Morgan fingerprint density at radius 1 is 1.04 bits per heavy atom. The molecule has 0 radical (unpaired) electrons. The van der Waals surface area contributed by atoms with Gasteiger partial charge in [-0.25, -0.2) is 0 Å². The molecule has 2 aromatic carbocycles. The highest BCUT2D eigenvalue weighted by Gasteiger charge is 2.16. The first kappa shape index (κ1) is 17.0. The van der Waals surface area contributed by atoms with E-state index in [1.54, 1.807) is 48.5 Å². The summed E-state index contributed by atoms with van der Waals surface area (Å²) in [6, 6.07) is 13.4. The highest BCUT2D eigenvalue weighted by Crippen LogP contribution is 2.22. The molecule has 1 aliphatic rings. The van der Waals surface area contributed by atoms with E-state index in [0.29, 0.717) is 29.2 Å². The summed E-state index contributed by atoms with van der Waals surface area (Å²) in [5.41, 5.74) is 6.19. The molecular weight excluding hydrogens is 320 g/mol. The monoisotopic (exact) mass is 340 g/mol. The molecule has 0 saturated carbocycles. The smallest absolute Gasteiger partial charge is 0.251 e. The number of hydrogen-bond donors (Lipinski definition) is 2. The summed E-state index contributed by atoms with van der Waals surface area (Å²) >= 11 is 0. The average molecular weight is 340 g/mol. The number of nitrogens with one attached hydrogen (secondary N) is 1. The fraction of sp³-hybridized carbons (Fsp3) is 0.263. The summed E-state index contributed by atoms with van der Waals surface area (Å²) in [7, 11) is 0. The van der Waals surface area contributed by atoms with Gasteiger partial charge in [-0.3, -0.25) is 9.59 Å². The zero-order valence-electron chi connectivity index (χ0n) is 13.7. The third-order valence-corrected chi connectivity index (χ3v) is 4.01. The Hall–Kier alpha value is -2.86. The van der Waals surface area contributed by atoms with E-state index in [1.165, 1.54) is 0 Å². The van der Waals surface area contributed by atoms with Gasteiger partial charge >= 0.3 is 0 Å². The lowest BCUT2D eigenvalue weighted by Gasteiger charge is -2.11. The fourth-order valence-electron chi connectivity index (χ4n) is 2.61. The summed E-state index contributed by atoms with van der Waals surface area (Å²) < 4.78 is 11.2. The van der Waals surface area contributed by atoms with Crippen molar-refractivity contribution >= 4 is 11.8 Å². The molecule has 1 aliphatic heterocycles. The highest BCUT2D eigenvalue weighted by atomic mass is 16.5. The number of rotatable bonds is 6. The first-order chi connectivity index (χ1) is 12.1. The van der Waals surface area contributed by atoms with Crippen molar-refractivity contribution in [1.29, 1.82) is 0 Å². The van der Waals surface area contributed by atoms with Crippen molar-refractivity contribution in [2.45, 2.75) is 18.9 Å². The summed E-state index contributed by atoms with van der Waals surface area (Å²) in [5.74, 6) is 0.570. The summed E-state index contributed by atoms with van der Waals surface area (Å²) in [4.78, 5) is 23.2. The van der Waals surface area contributed by atoms with Crippen molar-refractivity contribution in [3.8, 4) is 11.5 Å². The van der Waals surface area contributed by atoms with Gasteiger partial charge in [0.15, 0.2) is 0 Å². The van der Waals surface area contributed by atoms with Gasteiger partial charge in [-0.1, -0.05) is 0 Å². The number of hydrogen-bond acceptors (Lipinski definition) is 4. The van der Waals surface area contributed by atoms with E-state index in [-0.39, 0.29) is 12.0 Å². The molecule has 0 aliphatic carbocycles. The lowest BCUT2D eigenvalue weighted by atomic mass is 10.2. The van der Waals surface area contributed by atoms with Crippen molar-refractivity contribution < 1.29 is 19.1 Å². The van der Waals surface area contributed by atoms with E-state index in [1.807, 2.05) is 0 Å². The molecule has 130 valence electrons. The van der Waals surface area contributed by atoms with E-state index in [4.69, 9.17) is 15.2 Å². The number of benzene rings is 2. The average Bonchev–Trinajstić information content (AvgIpc) is 3.14. The Balaban J connectivity index is 1.55. The number of carbonyl (C=O) groups is 2. The number of nitrogens with two attached hydrogens (primary N) is 1. The van der Waals surface area contributed by atoms with Gasteiger partial charge in [-0.15, -0.1) is 0 Å². The Morgan fingerprint density at radius 2 is 1.64 bits per heavy atom. The second-order valence-corrected chi connectivity index (χ2v) is 5.86. The second kappa shape index (κ2) is 7.81. The van der Waals surface area contributed by atoms with Crippen LogP contribution in [0, 0.1) is 0 Å². The molecule has 0 bridgehead atoms. The van der Waals surface area contributed by atoms with Gasteiger partial charge in [0.05, 0.1) is 6.10 Å². The lowest BCUT2D eigenvalue weighted by Crippen LogP contribution is -2.31. The topological polar surface area (TPSA) is 90.7 Å². The van der Waals surface area contributed by atoms with Crippen molar-refractivity contribution in [3.05, 3.63) is 59.7 Å². The van der Waals surface area contributed by atoms with Gasteiger partial charge in [-0.05, 0) is 61.4 Å². The summed E-state index contributed by atoms with van der Waals surface area (Å²) in [5, 5.41) is 2.88. The fourth-order valence-corrected chi connectivity index (χ4v) is 2.61. The molecule has 3 N–H and O–H groups in total. The molecule has 3 rings (SSSR count). The highest BCUT2D eigenvalue weighted by molar-refractivity contribution is 5.94. The predicted octanol–water partition coefficient (Wildman–Crippen LogP) is 2.49. The van der Waals surface area contributed by atoms with Crippen molar-refractivity contribution in [2.24, 2.45) is 5.73 Å². The molecule has 6 heteroatoms. The van der Waals surface area contributed by atoms with Crippen LogP contribution in [-0.4, -0.2) is 31.1 Å². The SMILES string of the molecule is NC(=O)c1ccc(Oc2ccc(C(=O)NC[C@@H]3CCCO3)cc2)cc1. The van der Waals surface area contributed by atoms with Gasteiger partial charge in [0, 0.05) is 24.3 Å². The van der Waals surface area contributed by atoms with Gasteiger partial charge < -0.3 is 20.5 Å². The number of carbonyl (C=O) groups excluding carboxylic acids is 2. The molecule has 1 fully saturated rings. The number of primary amides is 1. The molecule has 2 aromatic rings. The van der Waals surface area contributed by atoms with Crippen LogP contribution in [0.2, 0.25) is 0 Å². The number of amides is 2. The molecule has 2 amide bonds. The molecular formula is C19H20N2O4. The second-order valence-electron chi connectivity index (χ2n) is 5.86. The van der Waals surface area contributed by atoms with E-state index < -0.39 is 5.91 Å². The normalized spacial score (nSPS) is 16.4. The predicted molar refractivity (Wildman–Crippen MR) is 92.8 cm³/mol. The van der Waals surface area contributed by atoms with Gasteiger partial charge in [-0.2, -0.15) is 0 Å². The third kappa shape index (κ3) is 4.58. The van der Waals surface area contributed by atoms with Crippen LogP contribution >= 0.6 is 0 Å². The Labute approximate surface area is 145 Å². The lowest BCUT2D eigenvalue weighted by molar-refractivity contribution is 0.0857. The molecule has 1 heterocycles. The van der Waals surface area contributed by atoms with E-state index in [0.717, 1.165) is 19.4 Å². The van der Waals surface area contributed by atoms with Crippen LogP contribution < -0.4 is 15.8 Å². The zero-order chi connectivity index (χ0) is 17.6. The molecule has 0 spiro atoms. The van der Waals surface area contributed by atoms with E-state index in [9.17, 15) is 9.59 Å². The first-order valence-electron chi connectivity index (χ1n) is 8.19. The van der Waals surface area contributed by atoms with Gasteiger partial charge in [0.25, 0.3) is 5.91 Å². The van der Waals surface area contributed by atoms with Gasteiger partial charge in [0.1, 0.15) is 11.5 Å². The molecule has 1 saturated heterocycles. The maximum Gasteiger partial charge on any atom is 0.251 e. The quantitative estimate of drug-likeness (QED) is 0.845. The van der Waals surface area contributed by atoms with Crippen LogP contribution in [0.3, 0.4) is 0 Å². The summed E-state index contributed by atoms with van der Waals surface area (Å²) in [6.07, 6.45) is 2.16. The van der Waals surface area contributed by atoms with Crippen LogP contribution in [0.25, 0.3) is 0 Å². The minimum Gasteiger partial charge on any atom is -0.457 e.